The van der Waals surface area contributed by atoms with Crippen molar-refractivity contribution in [3.63, 3.8) is 0 Å². The van der Waals surface area contributed by atoms with Crippen molar-refractivity contribution >= 4 is 22.8 Å². The maximum atomic E-state index is 13.0. The van der Waals surface area contributed by atoms with Crippen LogP contribution in [0.1, 0.15) is 34.3 Å². The van der Waals surface area contributed by atoms with Crippen LogP contribution in [0.3, 0.4) is 0 Å². The van der Waals surface area contributed by atoms with Crippen molar-refractivity contribution in [2.45, 2.75) is 24.6 Å². The maximum Gasteiger partial charge on any atom is 0.417 e. The molecule has 0 unspecified atom stereocenters. The van der Waals surface area contributed by atoms with Crippen LogP contribution in [0.2, 0.25) is 0 Å². The number of halogens is 3. The number of nitrogens with zero attached hydrogens (tertiary/aromatic N) is 3. The Labute approximate surface area is 164 Å². The zero-order chi connectivity index (χ0) is 20.2. The Hall–Kier alpha value is -3.16. The van der Waals surface area contributed by atoms with E-state index < -0.39 is 17.3 Å². The fraction of sp³-hybridized carbons (Fsp3) is 0.286. The monoisotopic (exact) mass is 399 g/mol. The first kappa shape index (κ1) is 17.9. The van der Waals surface area contributed by atoms with E-state index in [2.05, 4.69) is 9.97 Å². The molecular weight excluding hydrogens is 383 g/mol. The summed E-state index contributed by atoms with van der Waals surface area (Å²) in [5.41, 5.74) is 0.683. The van der Waals surface area contributed by atoms with Crippen LogP contribution in [-0.2, 0) is 16.5 Å². The first-order valence-electron chi connectivity index (χ1n) is 9.28. The van der Waals surface area contributed by atoms with Gasteiger partial charge in [0.05, 0.1) is 22.2 Å². The number of ether oxygens (including phenoxy) is 1. The third-order valence-electron chi connectivity index (χ3n) is 5.67. The van der Waals surface area contributed by atoms with Crippen LogP contribution in [0.5, 0.6) is 0 Å². The molecule has 0 N–H and O–H groups in total. The average Bonchev–Trinajstić information content (AvgIpc) is 2.99. The van der Waals surface area contributed by atoms with Gasteiger partial charge in [-0.2, -0.15) is 13.2 Å². The summed E-state index contributed by atoms with van der Waals surface area (Å²) < 4.78 is 44.7. The lowest BCUT2D eigenvalue weighted by Gasteiger charge is -2.39. The Morgan fingerprint density at radius 1 is 1.03 bits per heavy atom. The summed E-state index contributed by atoms with van der Waals surface area (Å²) in [6.07, 6.45) is -2.46. The predicted molar refractivity (Wildman–Crippen MR) is 99.5 cm³/mol. The van der Waals surface area contributed by atoms with Gasteiger partial charge in [0.15, 0.2) is 0 Å². The molecule has 8 heteroatoms. The number of benzene rings is 1. The van der Waals surface area contributed by atoms with E-state index >= 15 is 0 Å². The molecule has 1 aromatic carbocycles. The van der Waals surface area contributed by atoms with Crippen molar-refractivity contribution in [2.24, 2.45) is 0 Å². The zero-order valence-electron chi connectivity index (χ0n) is 15.2. The van der Waals surface area contributed by atoms with Crippen LogP contribution in [0.4, 0.5) is 19.0 Å². The van der Waals surface area contributed by atoms with Crippen LogP contribution < -0.4 is 4.90 Å². The molecule has 2 aliphatic rings. The van der Waals surface area contributed by atoms with Gasteiger partial charge < -0.3 is 9.64 Å². The highest BCUT2D eigenvalue weighted by Crippen LogP contribution is 2.44. The van der Waals surface area contributed by atoms with Crippen LogP contribution >= 0.6 is 0 Å². The van der Waals surface area contributed by atoms with E-state index in [1.165, 1.54) is 0 Å². The second-order valence-corrected chi connectivity index (χ2v) is 7.35. The van der Waals surface area contributed by atoms with Crippen LogP contribution in [0.15, 0.2) is 48.7 Å². The number of pyridine rings is 2. The second kappa shape index (κ2) is 6.17. The van der Waals surface area contributed by atoms with Gasteiger partial charge >= 0.3 is 12.1 Å². The largest absolute Gasteiger partial charge is 0.450 e. The highest BCUT2D eigenvalue weighted by atomic mass is 19.4. The molecule has 5 rings (SSSR count). The molecule has 3 aromatic rings. The van der Waals surface area contributed by atoms with Gasteiger partial charge in [-0.05, 0) is 24.3 Å². The van der Waals surface area contributed by atoms with Crippen molar-refractivity contribution in [3.05, 3.63) is 65.4 Å². The van der Waals surface area contributed by atoms with Gasteiger partial charge in [-0.3, -0.25) is 4.98 Å². The normalized spacial score (nSPS) is 18.2. The van der Waals surface area contributed by atoms with Gasteiger partial charge in [-0.25, -0.2) is 9.78 Å². The van der Waals surface area contributed by atoms with Crippen LogP contribution in [-0.4, -0.2) is 29.0 Å². The minimum absolute atomic E-state index is 0.204. The fourth-order valence-electron chi connectivity index (χ4n) is 4.14. The lowest BCUT2D eigenvalue weighted by atomic mass is 9.84. The number of fused-ring (bicyclic) bond motifs is 3. The molecule has 0 saturated carbocycles. The lowest BCUT2D eigenvalue weighted by molar-refractivity contribution is -0.137. The fourth-order valence-corrected chi connectivity index (χ4v) is 4.14. The summed E-state index contributed by atoms with van der Waals surface area (Å²) in [4.78, 5) is 22.5. The maximum absolute atomic E-state index is 13.0. The van der Waals surface area contributed by atoms with Crippen molar-refractivity contribution < 1.29 is 22.7 Å². The molecular formula is C21H16F3N3O2. The molecule has 0 amide bonds. The number of carbonyl (C=O) groups excluding carboxylic acids is 1. The summed E-state index contributed by atoms with van der Waals surface area (Å²) in [6, 6.07) is 11.9. The van der Waals surface area contributed by atoms with E-state index in [0.29, 0.717) is 42.8 Å². The first-order valence-corrected chi connectivity index (χ1v) is 9.28. The number of aromatic nitrogens is 2. The third-order valence-corrected chi connectivity index (χ3v) is 5.67. The van der Waals surface area contributed by atoms with E-state index in [9.17, 15) is 18.0 Å². The molecule has 29 heavy (non-hydrogen) atoms. The Balaban J connectivity index is 1.41. The summed E-state index contributed by atoms with van der Waals surface area (Å²) in [5, 5.41) is 0. The summed E-state index contributed by atoms with van der Waals surface area (Å²) >= 11 is 0. The van der Waals surface area contributed by atoms with E-state index in [-0.39, 0.29) is 11.5 Å². The molecule has 148 valence electrons. The molecule has 0 atom stereocenters. The van der Waals surface area contributed by atoms with Crippen LogP contribution in [0.25, 0.3) is 11.0 Å². The number of hydrogen-bond donors (Lipinski definition) is 0. The van der Waals surface area contributed by atoms with E-state index in [4.69, 9.17) is 4.74 Å². The number of rotatable bonds is 1. The Bertz CT molecular complexity index is 1120. The van der Waals surface area contributed by atoms with Gasteiger partial charge in [0.2, 0.25) is 0 Å². The van der Waals surface area contributed by atoms with Gasteiger partial charge in [0, 0.05) is 37.7 Å². The molecule has 1 saturated heterocycles. The van der Waals surface area contributed by atoms with Crippen molar-refractivity contribution in [1.82, 2.24) is 9.97 Å². The number of esters is 1. The molecule has 1 spiro atoms. The minimum atomic E-state index is -4.46. The molecule has 2 aliphatic heterocycles. The summed E-state index contributed by atoms with van der Waals surface area (Å²) in [7, 11) is 0. The number of alkyl halides is 3. The van der Waals surface area contributed by atoms with Crippen molar-refractivity contribution in [3.8, 4) is 0 Å². The Kier molecular flexibility index (Phi) is 3.81. The summed E-state index contributed by atoms with van der Waals surface area (Å²) in [6.45, 7) is 1.15. The molecule has 4 heterocycles. The first-order chi connectivity index (χ1) is 13.9. The SMILES string of the molecule is O=C1OC2(CCN(c3ccc4ncc(C(F)(F)F)cc4n3)CC2)c2ccccc21. The highest BCUT2D eigenvalue weighted by molar-refractivity contribution is 5.94. The minimum Gasteiger partial charge on any atom is -0.450 e. The molecule has 1 fully saturated rings. The van der Waals surface area contributed by atoms with E-state index in [0.717, 1.165) is 17.8 Å². The number of hydrogen-bond acceptors (Lipinski definition) is 5. The average molecular weight is 399 g/mol. The Morgan fingerprint density at radius 2 is 1.79 bits per heavy atom. The highest BCUT2D eigenvalue weighted by Gasteiger charge is 2.47. The van der Waals surface area contributed by atoms with Gasteiger partial charge in [0.25, 0.3) is 0 Å². The van der Waals surface area contributed by atoms with Gasteiger partial charge in [-0.1, -0.05) is 18.2 Å². The predicted octanol–water partition coefficient (Wildman–Crippen LogP) is 4.31. The number of anilines is 1. The zero-order valence-corrected chi connectivity index (χ0v) is 15.2. The van der Waals surface area contributed by atoms with Crippen LogP contribution in [0, 0.1) is 0 Å². The van der Waals surface area contributed by atoms with E-state index in [1.54, 1.807) is 18.2 Å². The topological polar surface area (TPSA) is 55.3 Å². The quantitative estimate of drug-likeness (QED) is 0.571. The van der Waals surface area contributed by atoms with Gasteiger partial charge in [-0.15, -0.1) is 0 Å². The smallest absolute Gasteiger partial charge is 0.417 e. The second-order valence-electron chi connectivity index (χ2n) is 7.35. The molecule has 0 aliphatic carbocycles. The van der Waals surface area contributed by atoms with Gasteiger partial charge in [0.1, 0.15) is 11.4 Å². The van der Waals surface area contributed by atoms with E-state index in [1.807, 2.05) is 23.1 Å². The molecule has 0 bridgehead atoms. The molecule has 2 aromatic heterocycles. The molecule has 0 radical (unpaired) electrons. The lowest BCUT2D eigenvalue weighted by Crippen LogP contribution is -2.43. The number of carbonyl (C=O) groups is 1. The van der Waals surface area contributed by atoms with Crippen molar-refractivity contribution in [2.75, 3.05) is 18.0 Å². The third kappa shape index (κ3) is 2.90. The standard InChI is InChI=1S/C21H16F3N3O2/c22-21(23,24)13-11-17-16(25-12-13)5-6-18(26-17)27-9-7-20(8-10-27)15-4-2-1-3-14(15)19(28)29-20/h1-6,11-12H,7-10H2. The Morgan fingerprint density at radius 3 is 2.55 bits per heavy atom. The molecule has 5 nitrogen and oxygen atoms in total. The number of piperidine rings is 1. The van der Waals surface area contributed by atoms with Crippen molar-refractivity contribution in [1.29, 1.82) is 0 Å². The summed E-state index contributed by atoms with van der Waals surface area (Å²) in [5.74, 6) is 0.287.